The molecule has 0 fully saturated rings. The normalized spacial score (nSPS) is 10.2. The number of benzene rings is 2. The molecule has 0 aromatic heterocycles. The van der Waals surface area contributed by atoms with Gasteiger partial charge < -0.3 is 10.8 Å². The lowest BCUT2D eigenvalue weighted by Crippen LogP contribution is -2.05. The van der Waals surface area contributed by atoms with Gasteiger partial charge in [0.2, 0.25) is 0 Å². The van der Waals surface area contributed by atoms with Gasteiger partial charge in [-0.3, -0.25) is 4.79 Å². The fourth-order valence-corrected chi connectivity index (χ4v) is 1.73. The second-order valence-electron chi connectivity index (χ2n) is 3.58. The van der Waals surface area contributed by atoms with Crippen LogP contribution in [-0.2, 0) is 0 Å². The number of anilines is 1. The van der Waals surface area contributed by atoms with Crippen molar-refractivity contribution in [1.29, 1.82) is 0 Å². The van der Waals surface area contributed by atoms with Gasteiger partial charge in [0.25, 0.3) is 0 Å². The van der Waals surface area contributed by atoms with E-state index in [1.165, 1.54) is 12.1 Å². The molecule has 0 radical (unpaired) electrons. The average molecular weight is 248 g/mol. The van der Waals surface area contributed by atoms with Crippen LogP contribution in [0.3, 0.4) is 0 Å². The van der Waals surface area contributed by atoms with Crippen molar-refractivity contribution in [3.05, 3.63) is 58.6 Å². The molecule has 4 heteroatoms. The van der Waals surface area contributed by atoms with E-state index in [-0.39, 0.29) is 17.1 Å². The summed E-state index contributed by atoms with van der Waals surface area (Å²) in [5, 5.41) is 10.1. The third-order valence-corrected chi connectivity index (χ3v) is 2.64. The molecule has 3 N–H and O–H groups in total. The Labute approximate surface area is 103 Å². The maximum Gasteiger partial charge on any atom is 0.198 e. The van der Waals surface area contributed by atoms with Gasteiger partial charge >= 0.3 is 0 Å². The zero-order chi connectivity index (χ0) is 12.4. The molecule has 0 atom stereocenters. The lowest BCUT2D eigenvalue weighted by atomic mass is 10.0. The number of hydrogen-bond acceptors (Lipinski definition) is 3. The Kier molecular flexibility index (Phi) is 3.02. The van der Waals surface area contributed by atoms with Gasteiger partial charge in [0.1, 0.15) is 5.75 Å². The first-order chi connectivity index (χ1) is 8.09. The number of para-hydroxylation sites is 1. The molecule has 0 unspecified atom stereocenters. The molecule has 0 saturated carbocycles. The summed E-state index contributed by atoms with van der Waals surface area (Å²) in [6.07, 6.45) is 0. The summed E-state index contributed by atoms with van der Waals surface area (Å²) in [6, 6.07) is 11.0. The lowest BCUT2D eigenvalue weighted by Gasteiger charge is -2.06. The minimum atomic E-state index is -0.322. The fourth-order valence-electron chi connectivity index (χ4n) is 1.55. The number of carbonyl (C=O) groups excluding carboxylic acids is 1. The highest BCUT2D eigenvalue weighted by Gasteiger charge is 2.15. The number of halogens is 1. The number of rotatable bonds is 2. The molecule has 0 heterocycles. The van der Waals surface area contributed by atoms with E-state index in [2.05, 4.69) is 0 Å². The van der Waals surface area contributed by atoms with Crippen LogP contribution in [0.25, 0.3) is 0 Å². The second kappa shape index (κ2) is 4.47. The molecule has 2 aromatic carbocycles. The summed E-state index contributed by atoms with van der Waals surface area (Å²) < 4.78 is 0. The summed E-state index contributed by atoms with van der Waals surface area (Å²) >= 11 is 5.76. The van der Waals surface area contributed by atoms with Gasteiger partial charge in [-0.1, -0.05) is 23.7 Å². The van der Waals surface area contributed by atoms with Crippen molar-refractivity contribution in [3.8, 4) is 5.75 Å². The largest absolute Gasteiger partial charge is 0.507 e. The van der Waals surface area contributed by atoms with E-state index >= 15 is 0 Å². The van der Waals surface area contributed by atoms with Crippen molar-refractivity contribution in [1.82, 2.24) is 0 Å². The van der Waals surface area contributed by atoms with Gasteiger partial charge in [0, 0.05) is 16.3 Å². The maximum absolute atomic E-state index is 12.1. The number of phenolic OH excluding ortho intramolecular Hbond substituents is 1. The number of carbonyl (C=O) groups is 1. The Morgan fingerprint density at radius 3 is 2.47 bits per heavy atom. The molecule has 3 nitrogen and oxygen atoms in total. The van der Waals surface area contributed by atoms with E-state index in [4.69, 9.17) is 17.3 Å². The van der Waals surface area contributed by atoms with E-state index in [0.29, 0.717) is 16.3 Å². The van der Waals surface area contributed by atoms with Crippen molar-refractivity contribution in [2.45, 2.75) is 0 Å². The van der Waals surface area contributed by atoms with Crippen molar-refractivity contribution in [2.24, 2.45) is 0 Å². The lowest BCUT2D eigenvalue weighted by molar-refractivity contribution is 0.103. The summed E-state index contributed by atoms with van der Waals surface area (Å²) in [5.41, 5.74) is 6.57. The first-order valence-electron chi connectivity index (χ1n) is 4.97. The molecule has 0 saturated heterocycles. The van der Waals surface area contributed by atoms with Gasteiger partial charge in [-0.2, -0.15) is 0 Å². The van der Waals surface area contributed by atoms with Crippen LogP contribution in [0.15, 0.2) is 42.5 Å². The maximum atomic E-state index is 12.1. The first-order valence-corrected chi connectivity index (χ1v) is 5.35. The highest BCUT2D eigenvalue weighted by atomic mass is 35.5. The first kappa shape index (κ1) is 11.5. The van der Waals surface area contributed by atoms with E-state index < -0.39 is 0 Å². The smallest absolute Gasteiger partial charge is 0.198 e. The SMILES string of the molecule is Nc1cc(Cl)ccc1C(=O)c1ccccc1O. The number of aromatic hydroxyl groups is 1. The van der Waals surface area contributed by atoms with Gasteiger partial charge in [-0.25, -0.2) is 0 Å². The fraction of sp³-hybridized carbons (Fsp3) is 0. The Balaban J connectivity index is 2.48. The zero-order valence-electron chi connectivity index (χ0n) is 8.85. The molecule has 2 rings (SSSR count). The molecule has 17 heavy (non-hydrogen) atoms. The van der Waals surface area contributed by atoms with Gasteiger partial charge in [0.15, 0.2) is 5.78 Å². The topological polar surface area (TPSA) is 63.3 Å². The Morgan fingerprint density at radius 1 is 1.12 bits per heavy atom. The molecule has 0 aliphatic carbocycles. The minimum absolute atomic E-state index is 0.0631. The Hall–Kier alpha value is -2.00. The molecule has 86 valence electrons. The monoisotopic (exact) mass is 247 g/mol. The van der Waals surface area contributed by atoms with Crippen molar-refractivity contribution < 1.29 is 9.90 Å². The molecular weight excluding hydrogens is 238 g/mol. The predicted molar refractivity (Wildman–Crippen MR) is 67.4 cm³/mol. The van der Waals surface area contributed by atoms with Crippen LogP contribution < -0.4 is 5.73 Å². The average Bonchev–Trinajstić information content (AvgIpc) is 2.29. The molecule has 0 aliphatic rings. The zero-order valence-corrected chi connectivity index (χ0v) is 9.61. The highest BCUT2D eigenvalue weighted by molar-refractivity contribution is 6.31. The predicted octanol–water partition coefficient (Wildman–Crippen LogP) is 2.86. The summed E-state index contributed by atoms with van der Waals surface area (Å²) in [7, 11) is 0. The van der Waals surface area contributed by atoms with Crippen LogP contribution in [0.1, 0.15) is 15.9 Å². The Bertz CT molecular complexity index is 581. The van der Waals surface area contributed by atoms with E-state index in [1.54, 1.807) is 30.3 Å². The summed E-state index contributed by atoms with van der Waals surface area (Å²) in [5.74, 6) is -0.385. The molecule has 2 aromatic rings. The molecule has 0 bridgehead atoms. The minimum Gasteiger partial charge on any atom is -0.507 e. The van der Waals surface area contributed by atoms with Crippen LogP contribution in [0.2, 0.25) is 5.02 Å². The van der Waals surface area contributed by atoms with Crippen LogP contribution >= 0.6 is 11.6 Å². The van der Waals surface area contributed by atoms with Crippen LogP contribution in [0.4, 0.5) is 5.69 Å². The number of nitrogens with two attached hydrogens (primary N) is 1. The molecular formula is C13H10ClNO2. The highest BCUT2D eigenvalue weighted by Crippen LogP contribution is 2.24. The number of hydrogen-bond donors (Lipinski definition) is 2. The summed E-state index contributed by atoms with van der Waals surface area (Å²) in [4.78, 5) is 12.1. The quantitative estimate of drug-likeness (QED) is 0.634. The number of nitrogen functional groups attached to an aromatic ring is 1. The van der Waals surface area contributed by atoms with Gasteiger partial charge in [0.05, 0.1) is 5.56 Å². The Morgan fingerprint density at radius 2 is 1.82 bits per heavy atom. The van der Waals surface area contributed by atoms with Crippen molar-refractivity contribution in [2.75, 3.05) is 5.73 Å². The molecule has 0 amide bonds. The van der Waals surface area contributed by atoms with Gasteiger partial charge in [-0.15, -0.1) is 0 Å². The molecule has 0 spiro atoms. The van der Waals surface area contributed by atoms with Crippen molar-refractivity contribution in [3.63, 3.8) is 0 Å². The summed E-state index contributed by atoms with van der Waals surface area (Å²) in [6.45, 7) is 0. The van der Waals surface area contributed by atoms with Crippen molar-refractivity contribution >= 4 is 23.1 Å². The van der Waals surface area contributed by atoms with Crippen LogP contribution in [0.5, 0.6) is 5.75 Å². The van der Waals surface area contributed by atoms with Crippen LogP contribution in [-0.4, -0.2) is 10.9 Å². The third-order valence-electron chi connectivity index (χ3n) is 2.41. The second-order valence-corrected chi connectivity index (χ2v) is 4.01. The number of phenols is 1. The van der Waals surface area contributed by atoms with Gasteiger partial charge in [-0.05, 0) is 30.3 Å². The van der Waals surface area contributed by atoms with E-state index in [0.717, 1.165) is 0 Å². The van der Waals surface area contributed by atoms with E-state index in [1.807, 2.05) is 0 Å². The molecule has 0 aliphatic heterocycles. The number of ketones is 1. The van der Waals surface area contributed by atoms with E-state index in [9.17, 15) is 9.90 Å². The standard InChI is InChI=1S/C13H10ClNO2/c14-8-5-6-9(11(15)7-8)13(17)10-3-1-2-4-12(10)16/h1-7,16H,15H2. The van der Waals surface area contributed by atoms with Crippen LogP contribution in [0, 0.1) is 0 Å². The third kappa shape index (κ3) is 2.24.